The molecule has 1 aliphatic carbocycles. The summed E-state index contributed by atoms with van der Waals surface area (Å²) in [6, 6.07) is 0.688. The maximum atomic E-state index is 10.3. The molecule has 0 aromatic heterocycles. The largest absolute Gasteiger partial charge is 0.389 e. The summed E-state index contributed by atoms with van der Waals surface area (Å²) in [7, 11) is 0. The minimum Gasteiger partial charge on any atom is -0.389 e. The van der Waals surface area contributed by atoms with Gasteiger partial charge in [0.05, 0.1) is 5.60 Å². The molecule has 1 saturated heterocycles. The van der Waals surface area contributed by atoms with Crippen LogP contribution in [-0.4, -0.2) is 34.7 Å². The Morgan fingerprint density at radius 3 is 2.57 bits per heavy atom. The zero-order chi connectivity index (χ0) is 10.0. The summed E-state index contributed by atoms with van der Waals surface area (Å²) in [5.74, 6) is 0. The quantitative estimate of drug-likeness (QED) is 0.733. The summed E-state index contributed by atoms with van der Waals surface area (Å²) in [4.78, 5) is 2.49. The molecule has 1 N–H and O–H groups in total. The van der Waals surface area contributed by atoms with Crippen molar-refractivity contribution >= 4 is 0 Å². The highest BCUT2D eigenvalue weighted by molar-refractivity contribution is 4.89. The maximum Gasteiger partial charge on any atom is 0.0774 e. The van der Waals surface area contributed by atoms with Gasteiger partial charge in [-0.25, -0.2) is 0 Å². The monoisotopic (exact) mass is 197 g/mol. The third kappa shape index (κ3) is 2.29. The van der Waals surface area contributed by atoms with Crippen molar-refractivity contribution in [3.05, 3.63) is 0 Å². The molecule has 82 valence electrons. The second-order valence-electron chi connectivity index (χ2n) is 5.25. The fourth-order valence-electron chi connectivity index (χ4n) is 2.96. The minimum absolute atomic E-state index is 0.342. The van der Waals surface area contributed by atoms with Gasteiger partial charge in [0.25, 0.3) is 0 Å². The van der Waals surface area contributed by atoms with Gasteiger partial charge in [-0.05, 0) is 39.2 Å². The van der Waals surface area contributed by atoms with Crippen molar-refractivity contribution in [2.45, 2.75) is 63.5 Å². The molecule has 2 aliphatic rings. The van der Waals surface area contributed by atoms with Gasteiger partial charge < -0.3 is 5.11 Å². The van der Waals surface area contributed by atoms with E-state index in [1.165, 1.54) is 38.6 Å². The second-order valence-corrected chi connectivity index (χ2v) is 5.25. The molecular weight excluding hydrogens is 174 g/mol. The predicted octanol–water partition coefficient (Wildman–Crippen LogP) is 2.17. The van der Waals surface area contributed by atoms with Crippen LogP contribution in [0.3, 0.4) is 0 Å². The predicted molar refractivity (Wildman–Crippen MR) is 58.3 cm³/mol. The standard InChI is InChI=1S/C12H23NO/c1-11-6-2-5-9-13(11)10-12(14)7-3-4-8-12/h11,14H,2-10H2,1H3. The highest BCUT2D eigenvalue weighted by atomic mass is 16.3. The molecular formula is C12H23NO. The molecule has 0 radical (unpaired) electrons. The summed E-state index contributed by atoms with van der Waals surface area (Å²) < 4.78 is 0. The van der Waals surface area contributed by atoms with Crippen LogP contribution in [0.25, 0.3) is 0 Å². The molecule has 2 rings (SSSR count). The van der Waals surface area contributed by atoms with E-state index in [-0.39, 0.29) is 5.60 Å². The minimum atomic E-state index is -0.342. The molecule has 1 saturated carbocycles. The Hall–Kier alpha value is -0.0800. The van der Waals surface area contributed by atoms with E-state index >= 15 is 0 Å². The first-order chi connectivity index (χ1) is 6.70. The average Bonchev–Trinajstić information content (AvgIpc) is 2.57. The van der Waals surface area contributed by atoms with E-state index in [1.54, 1.807) is 0 Å². The van der Waals surface area contributed by atoms with Crippen molar-refractivity contribution in [1.82, 2.24) is 4.90 Å². The van der Waals surface area contributed by atoms with Crippen LogP contribution >= 0.6 is 0 Å². The lowest BCUT2D eigenvalue weighted by atomic mass is 9.97. The number of nitrogens with zero attached hydrogens (tertiary/aromatic N) is 1. The molecule has 1 aliphatic heterocycles. The first-order valence-electron chi connectivity index (χ1n) is 6.16. The van der Waals surface area contributed by atoms with Gasteiger partial charge in [-0.3, -0.25) is 4.90 Å². The lowest BCUT2D eigenvalue weighted by Crippen LogP contribution is -2.47. The number of piperidine rings is 1. The molecule has 0 aromatic rings. The van der Waals surface area contributed by atoms with Gasteiger partial charge in [-0.15, -0.1) is 0 Å². The normalized spacial score (nSPS) is 33.4. The van der Waals surface area contributed by atoms with Crippen LogP contribution in [0.15, 0.2) is 0 Å². The zero-order valence-electron chi connectivity index (χ0n) is 9.34. The molecule has 1 atom stereocenters. The van der Waals surface area contributed by atoms with Gasteiger partial charge in [0.2, 0.25) is 0 Å². The van der Waals surface area contributed by atoms with Gasteiger partial charge >= 0.3 is 0 Å². The van der Waals surface area contributed by atoms with Crippen LogP contribution in [0.5, 0.6) is 0 Å². The number of aliphatic hydroxyl groups is 1. The van der Waals surface area contributed by atoms with Crippen molar-refractivity contribution in [2.75, 3.05) is 13.1 Å². The van der Waals surface area contributed by atoms with Gasteiger partial charge in [0.1, 0.15) is 0 Å². The fraction of sp³-hybridized carbons (Fsp3) is 1.00. The molecule has 2 nitrogen and oxygen atoms in total. The lowest BCUT2D eigenvalue weighted by Gasteiger charge is -2.38. The van der Waals surface area contributed by atoms with E-state index in [4.69, 9.17) is 0 Å². The van der Waals surface area contributed by atoms with Crippen LogP contribution in [0, 0.1) is 0 Å². The number of β-amino-alcohol motifs (C(OH)–C–C–N with tert-alkyl or cyclic N) is 1. The first-order valence-corrected chi connectivity index (χ1v) is 6.16. The molecule has 14 heavy (non-hydrogen) atoms. The van der Waals surface area contributed by atoms with Crippen LogP contribution in [0.1, 0.15) is 51.9 Å². The van der Waals surface area contributed by atoms with Crippen LogP contribution < -0.4 is 0 Å². The molecule has 2 fully saturated rings. The van der Waals surface area contributed by atoms with E-state index in [9.17, 15) is 5.11 Å². The molecule has 0 spiro atoms. The number of hydrogen-bond acceptors (Lipinski definition) is 2. The second kappa shape index (κ2) is 4.19. The third-order valence-corrected chi connectivity index (χ3v) is 3.97. The summed E-state index contributed by atoms with van der Waals surface area (Å²) in [6.45, 7) is 4.43. The Morgan fingerprint density at radius 2 is 1.93 bits per heavy atom. The number of likely N-dealkylation sites (tertiary alicyclic amines) is 1. The van der Waals surface area contributed by atoms with Crippen molar-refractivity contribution in [2.24, 2.45) is 0 Å². The Morgan fingerprint density at radius 1 is 1.21 bits per heavy atom. The van der Waals surface area contributed by atoms with Crippen molar-refractivity contribution in [3.8, 4) is 0 Å². The number of rotatable bonds is 2. The van der Waals surface area contributed by atoms with Gasteiger partial charge in [0.15, 0.2) is 0 Å². The van der Waals surface area contributed by atoms with Crippen molar-refractivity contribution in [3.63, 3.8) is 0 Å². The topological polar surface area (TPSA) is 23.5 Å². The Labute approximate surface area is 87.3 Å². The van der Waals surface area contributed by atoms with Gasteiger partial charge in [-0.2, -0.15) is 0 Å². The van der Waals surface area contributed by atoms with Crippen LogP contribution in [0.4, 0.5) is 0 Å². The number of hydrogen-bond donors (Lipinski definition) is 1. The Balaban J connectivity index is 1.88. The smallest absolute Gasteiger partial charge is 0.0774 e. The molecule has 0 amide bonds. The van der Waals surface area contributed by atoms with Gasteiger partial charge in [0, 0.05) is 12.6 Å². The first kappa shape index (κ1) is 10.4. The zero-order valence-corrected chi connectivity index (χ0v) is 9.34. The van der Waals surface area contributed by atoms with Crippen molar-refractivity contribution < 1.29 is 5.11 Å². The van der Waals surface area contributed by atoms with E-state index in [0.717, 1.165) is 19.4 Å². The molecule has 0 aromatic carbocycles. The highest BCUT2D eigenvalue weighted by Crippen LogP contribution is 2.31. The molecule has 0 bridgehead atoms. The summed E-state index contributed by atoms with van der Waals surface area (Å²) in [5.41, 5.74) is -0.342. The molecule has 2 heteroatoms. The summed E-state index contributed by atoms with van der Waals surface area (Å²) in [6.07, 6.45) is 8.50. The van der Waals surface area contributed by atoms with E-state index in [2.05, 4.69) is 11.8 Å². The van der Waals surface area contributed by atoms with Gasteiger partial charge in [-0.1, -0.05) is 19.3 Å². The molecule has 1 unspecified atom stereocenters. The lowest BCUT2D eigenvalue weighted by molar-refractivity contribution is -0.00915. The highest BCUT2D eigenvalue weighted by Gasteiger charge is 2.34. The van der Waals surface area contributed by atoms with E-state index in [1.807, 2.05) is 0 Å². The Bertz CT molecular complexity index is 187. The summed E-state index contributed by atoms with van der Waals surface area (Å²) in [5, 5.41) is 10.3. The molecule has 1 heterocycles. The third-order valence-electron chi connectivity index (χ3n) is 3.97. The summed E-state index contributed by atoms with van der Waals surface area (Å²) >= 11 is 0. The van der Waals surface area contributed by atoms with Crippen molar-refractivity contribution in [1.29, 1.82) is 0 Å². The Kier molecular flexibility index (Phi) is 3.13. The van der Waals surface area contributed by atoms with E-state index in [0.29, 0.717) is 6.04 Å². The maximum absolute atomic E-state index is 10.3. The SMILES string of the molecule is CC1CCCCN1CC1(O)CCCC1. The van der Waals surface area contributed by atoms with Crippen LogP contribution in [-0.2, 0) is 0 Å². The van der Waals surface area contributed by atoms with E-state index < -0.39 is 0 Å². The average molecular weight is 197 g/mol. The van der Waals surface area contributed by atoms with Crippen LogP contribution in [0.2, 0.25) is 0 Å². The fourth-order valence-corrected chi connectivity index (χ4v) is 2.96.